The van der Waals surface area contributed by atoms with Gasteiger partial charge in [-0.25, -0.2) is 0 Å². The Kier molecular flexibility index (Phi) is 4.25. The number of carbonyl (C=O) groups excluding carboxylic acids is 1. The van der Waals surface area contributed by atoms with Crippen LogP contribution in [0.2, 0.25) is 0 Å². The van der Waals surface area contributed by atoms with Crippen molar-refractivity contribution in [2.75, 3.05) is 20.2 Å². The number of fused-ring (bicyclic) bond motifs is 3. The normalized spacial score (nSPS) is 27.9. The molecule has 1 aromatic heterocycles. The smallest absolute Gasteiger partial charge is 0.267 e. The summed E-state index contributed by atoms with van der Waals surface area (Å²) in [5.74, 6) is 1.38. The Bertz CT molecular complexity index is 760. The summed E-state index contributed by atoms with van der Waals surface area (Å²) in [5, 5.41) is 3.27. The molecule has 3 fully saturated rings. The van der Waals surface area contributed by atoms with Crippen LogP contribution in [-0.2, 0) is 0 Å². The van der Waals surface area contributed by atoms with Gasteiger partial charge in [-0.3, -0.25) is 9.69 Å². The van der Waals surface area contributed by atoms with Gasteiger partial charge in [-0.2, -0.15) is 0 Å². The number of benzene rings is 1. The second kappa shape index (κ2) is 6.56. The fourth-order valence-electron chi connectivity index (χ4n) is 4.33. The highest BCUT2D eigenvalue weighted by Gasteiger charge is 2.40. The Morgan fingerprint density at radius 1 is 1.20 bits per heavy atom. The number of hydrogen-bond acceptors (Lipinski definition) is 3. The van der Waals surface area contributed by atoms with Crippen LogP contribution in [0.3, 0.4) is 0 Å². The molecule has 5 heteroatoms. The first-order chi connectivity index (χ1) is 12.2. The minimum Gasteiger partial charge on any atom is -0.496 e. The van der Waals surface area contributed by atoms with Crippen LogP contribution in [0.1, 0.15) is 30.3 Å². The second-order valence-corrected chi connectivity index (χ2v) is 7.10. The monoisotopic (exact) mass is 339 g/mol. The van der Waals surface area contributed by atoms with Crippen molar-refractivity contribution in [3.8, 4) is 17.0 Å². The molecule has 1 aromatic carbocycles. The number of ether oxygens (including phenoxy) is 1. The minimum atomic E-state index is -0.0215. The molecule has 0 unspecified atom stereocenters. The van der Waals surface area contributed by atoms with Crippen LogP contribution < -0.4 is 10.1 Å². The molecule has 2 atom stereocenters. The summed E-state index contributed by atoms with van der Waals surface area (Å²) in [7, 11) is 1.66. The lowest BCUT2D eigenvalue weighted by Crippen LogP contribution is -2.62. The summed E-state index contributed by atoms with van der Waals surface area (Å²) < 4.78 is 5.41. The van der Waals surface area contributed by atoms with Crippen LogP contribution in [0.5, 0.6) is 5.75 Å². The average Bonchev–Trinajstić information content (AvgIpc) is 3.15. The topological polar surface area (TPSA) is 57.4 Å². The van der Waals surface area contributed by atoms with E-state index in [4.69, 9.17) is 4.74 Å². The first-order valence-electron chi connectivity index (χ1n) is 9.04. The van der Waals surface area contributed by atoms with Crippen molar-refractivity contribution >= 4 is 5.91 Å². The van der Waals surface area contributed by atoms with Crippen molar-refractivity contribution in [2.24, 2.45) is 5.92 Å². The highest BCUT2D eigenvalue weighted by atomic mass is 16.5. The summed E-state index contributed by atoms with van der Waals surface area (Å²) in [5.41, 5.74) is 2.45. The molecule has 1 amide bonds. The standard InChI is InChI=1S/C20H25N3O2/c1-13-19(14-9-11-23(13)12-10-14)22-20(24)17-8-7-16(21-17)15-5-3-4-6-18(15)25-2/h3-8,13-14,19,21H,9-12H2,1-2H3,(H,22,24)/t13-,19+/m1/s1. The van der Waals surface area contributed by atoms with Crippen molar-refractivity contribution in [1.29, 1.82) is 0 Å². The van der Waals surface area contributed by atoms with Crippen molar-refractivity contribution < 1.29 is 9.53 Å². The number of aromatic amines is 1. The lowest BCUT2D eigenvalue weighted by atomic mass is 9.79. The van der Waals surface area contributed by atoms with Crippen LogP contribution >= 0.6 is 0 Å². The van der Waals surface area contributed by atoms with Gasteiger partial charge in [0.15, 0.2) is 0 Å². The van der Waals surface area contributed by atoms with Crippen molar-refractivity contribution in [3.05, 3.63) is 42.1 Å². The molecule has 0 radical (unpaired) electrons. The van der Waals surface area contributed by atoms with Crippen molar-refractivity contribution in [3.63, 3.8) is 0 Å². The highest BCUT2D eigenvalue weighted by Crippen LogP contribution is 2.32. The van der Waals surface area contributed by atoms with E-state index in [-0.39, 0.29) is 11.9 Å². The largest absolute Gasteiger partial charge is 0.496 e. The molecule has 2 aromatic rings. The molecule has 3 aliphatic rings. The minimum absolute atomic E-state index is 0.0215. The lowest BCUT2D eigenvalue weighted by Gasteiger charge is -2.49. The van der Waals surface area contributed by atoms with Gasteiger partial charge in [-0.1, -0.05) is 12.1 Å². The maximum atomic E-state index is 12.7. The zero-order valence-electron chi connectivity index (χ0n) is 14.8. The van der Waals surface area contributed by atoms with Gasteiger partial charge < -0.3 is 15.0 Å². The Morgan fingerprint density at radius 2 is 1.96 bits per heavy atom. The Balaban J connectivity index is 1.51. The van der Waals surface area contributed by atoms with Gasteiger partial charge >= 0.3 is 0 Å². The van der Waals surface area contributed by atoms with Crippen molar-refractivity contribution in [2.45, 2.75) is 31.8 Å². The van der Waals surface area contributed by atoms with Crippen molar-refractivity contribution in [1.82, 2.24) is 15.2 Å². The van der Waals surface area contributed by atoms with Gasteiger partial charge in [0, 0.05) is 23.3 Å². The summed E-state index contributed by atoms with van der Waals surface area (Å²) in [6.45, 7) is 4.56. The molecule has 0 aliphatic carbocycles. The predicted octanol–water partition coefficient (Wildman–Crippen LogP) is 2.90. The number of carbonyl (C=O) groups is 1. The van der Waals surface area contributed by atoms with E-state index >= 15 is 0 Å². The number of methoxy groups -OCH3 is 1. The van der Waals surface area contributed by atoms with E-state index in [0.717, 1.165) is 17.0 Å². The molecule has 25 heavy (non-hydrogen) atoms. The fraction of sp³-hybridized carbons (Fsp3) is 0.450. The first kappa shape index (κ1) is 16.2. The molecule has 3 aliphatic heterocycles. The number of aromatic nitrogens is 1. The summed E-state index contributed by atoms with van der Waals surface area (Å²) in [6.07, 6.45) is 2.37. The molecule has 5 rings (SSSR count). The second-order valence-electron chi connectivity index (χ2n) is 7.10. The molecule has 5 nitrogen and oxygen atoms in total. The van der Waals surface area contributed by atoms with E-state index in [2.05, 4.69) is 22.1 Å². The number of H-pyrrole nitrogens is 1. The maximum absolute atomic E-state index is 12.7. The highest BCUT2D eigenvalue weighted by molar-refractivity contribution is 5.93. The average molecular weight is 339 g/mol. The van der Waals surface area contributed by atoms with Gasteiger partial charge in [0.05, 0.1) is 7.11 Å². The van der Waals surface area contributed by atoms with E-state index in [9.17, 15) is 4.79 Å². The van der Waals surface area contributed by atoms with Crippen LogP contribution in [-0.4, -0.2) is 48.1 Å². The third kappa shape index (κ3) is 2.93. The molecule has 0 saturated carbocycles. The molecule has 4 heterocycles. The van der Waals surface area contributed by atoms with E-state index in [0.29, 0.717) is 17.7 Å². The Hall–Kier alpha value is -2.27. The van der Waals surface area contributed by atoms with Gasteiger partial charge in [0.25, 0.3) is 5.91 Å². The zero-order valence-corrected chi connectivity index (χ0v) is 14.8. The number of amides is 1. The van der Waals surface area contributed by atoms with Crippen LogP contribution in [0.25, 0.3) is 11.3 Å². The Labute approximate surface area is 148 Å². The van der Waals surface area contributed by atoms with Gasteiger partial charge in [-0.15, -0.1) is 0 Å². The number of hydrogen-bond donors (Lipinski definition) is 2. The quantitative estimate of drug-likeness (QED) is 0.900. The Morgan fingerprint density at radius 3 is 2.68 bits per heavy atom. The fourth-order valence-corrected chi connectivity index (χ4v) is 4.33. The lowest BCUT2D eigenvalue weighted by molar-refractivity contribution is 0.0216. The molecule has 3 saturated heterocycles. The van der Waals surface area contributed by atoms with Crippen LogP contribution in [0, 0.1) is 5.92 Å². The third-order valence-corrected chi connectivity index (χ3v) is 5.80. The zero-order chi connectivity index (χ0) is 17.4. The molecular weight excluding hydrogens is 314 g/mol. The van der Waals surface area contributed by atoms with Gasteiger partial charge in [0.1, 0.15) is 11.4 Å². The van der Waals surface area contributed by atoms with Crippen LogP contribution in [0.15, 0.2) is 36.4 Å². The summed E-state index contributed by atoms with van der Waals surface area (Å²) in [6, 6.07) is 12.3. The van der Waals surface area contributed by atoms with E-state index in [1.807, 2.05) is 36.4 Å². The van der Waals surface area contributed by atoms with Gasteiger partial charge in [-0.05, 0) is 63.0 Å². The van der Waals surface area contributed by atoms with Gasteiger partial charge in [0.2, 0.25) is 0 Å². The number of piperidine rings is 3. The van der Waals surface area contributed by atoms with E-state index in [1.165, 1.54) is 25.9 Å². The number of nitrogens with one attached hydrogen (secondary N) is 2. The number of para-hydroxylation sites is 1. The molecule has 2 bridgehead atoms. The number of rotatable bonds is 4. The van der Waals surface area contributed by atoms with Crippen LogP contribution in [0.4, 0.5) is 0 Å². The predicted molar refractivity (Wildman–Crippen MR) is 97.8 cm³/mol. The third-order valence-electron chi connectivity index (χ3n) is 5.80. The van der Waals surface area contributed by atoms with E-state index in [1.54, 1.807) is 7.11 Å². The first-order valence-corrected chi connectivity index (χ1v) is 9.04. The maximum Gasteiger partial charge on any atom is 0.267 e. The SMILES string of the molecule is COc1ccccc1-c1ccc(C(=O)N[C@@H]2C3CCN(CC3)[C@@H]2C)[nH]1. The summed E-state index contributed by atoms with van der Waals surface area (Å²) >= 11 is 0. The molecular formula is C20H25N3O2. The molecule has 2 N–H and O–H groups in total. The van der Waals surface area contributed by atoms with E-state index < -0.39 is 0 Å². The summed E-state index contributed by atoms with van der Waals surface area (Å²) in [4.78, 5) is 18.5. The molecule has 132 valence electrons. The molecule has 0 spiro atoms. The number of nitrogens with zero attached hydrogens (tertiary/aromatic N) is 1.